The Labute approximate surface area is 338 Å². The Hall–Kier alpha value is -1.80. The smallest absolute Gasteiger partial charge is 0.305 e. The molecular formula is C38H38O6P2S7. The maximum Gasteiger partial charge on any atom is 0.363 e. The van der Waals surface area contributed by atoms with Gasteiger partial charge in [0, 0.05) is 58.5 Å². The van der Waals surface area contributed by atoms with Gasteiger partial charge in [0.25, 0.3) is 0 Å². The van der Waals surface area contributed by atoms with Crippen LogP contribution in [-0.4, -0.2) is 26.4 Å². The maximum atomic E-state index is 15.1. The van der Waals surface area contributed by atoms with Gasteiger partial charge in [-0.05, 0) is 114 Å². The Bertz CT molecular complexity index is 2250. The van der Waals surface area contributed by atoms with E-state index in [1.54, 1.807) is 95.7 Å². The second kappa shape index (κ2) is 16.7. The zero-order valence-electron chi connectivity index (χ0n) is 30.0. The minimum absolute atomic E-state index is 0.137. The van der Waals surface area contributed by atoms with Gasteiger partial charge in [0.15, 0.2) is 0 Å². The van der Waals surface area contributed by atoms with Crippen molar-refractivity contribution in [3.8, 4) is 58.5 Å². The molecule has 0 saturated carbocycles. The monoisotopic (exact) mass is 876 g/mol. The molecule has 0 N–H and O–H groups in total. The first-order chi connectivity index (χ1) is 25.6. The highest BCUT2D eigenvalue weighted by Crippen LogP contribution is 2.60. The van der Waals surface area contributed by atoms with Gasteiger partial charge in [-0.1, -0.05) is 0 Å². The topological polar surface area (TPSA) is 71.1 Å². The average molecular weight is 877 g/mol. The fourth-order valence-electron chi connectivity index (χ4n) is 5.79. The van der Waals surface area contributed by atoms with Crippen LogP contribution in [0, 0.1) is 13.8 Å². The van der Waals surface area contributed by atoms with Crippen molar-refractivity contribution >= 4 is 105 Å². The summed E-state index contributed by atoms with van der Waals surface area (Å²) in [5.74, 6) is 0. The summed E-state index contributed by atoms with van der Waals surface area (Å²) in [5.41, 5.74) is 0. The van der Waals surface area contributed by atoms with Crippen molar-refractivity contribution in [1.82, 2.24) is 0 Å². The van der Waals surface area contributed by atoms with Crippen LogP contribution < -0.4 is 10.6 Å². The van der Waals surface area contributed by atoms with E-state index in [9.17, 15) is 0 Å². The second-order valence-corrected chi connectivity index (χ2v) is 23.4. The van der Waals surface area contributed by atoms with Crippen LogP contribution in [0.1, 0.15) is 37.4 Å². The van der Waals surface area contributed by atoms with Crippen molar-refractivity contribution in [3.63, 3.8) is 0 Å². The zero-order chi connectivity index (χ0) is 37.3. The molecule has 6 nitrogen and oxygen atoms in total. The maximum absolute atomic E-state index is 15.1. The summed E-state index contributed by atoms with van der Waals surface area (Å²) in [7, 11) is -8.07. The number of rotatable bonds is 16. The molecule has 7 rings (SSSR count). The summed E-state index contributed by atoms with van der Waals surface area (Å²) in [5, 5.41) is 0.532. The van der Waals surface area contributed by atoms with Gasteiger partial charge in [-0.2, -0.15) is 0 Å². The summed E-state index contributed by atoms with van der Waals surface area (Å²) in [6.07, 6.45) is 0. The first-order valence-electron chi connectivity index (χ1n) is 17.1. The zero-order valence-corrected chi connectivity index (χ0v) is 37.5. The van der Waals surface area contributed by atoms with Crippen LogP contribution in [-0.2, 0) is 27.2 Å². The van der Waals surface area contributed by atoms with Crippen molar-refractivity contribution in [2.75, 3.05) is 26.4 Å². The van der Waals surface area contributed by atoms with Crippen molar-refractivity contribution < 1.29 is 27.2 Å². The lowest BCUT2D eigenvalue weighted by molar-refractivity contribution is 0.226. The second-order valence-electron chi connectivity index (χ2n) is 11.6. The molecule has 0 saturated heterocycles. The molecule has 0 aromatic carbocycles. The Morgan fingerprint density at radius 2 is 0.623 bits per heavy atom. The Morgan fingerprint density at radius 1 is 0.377 bits per heavy atom. The third-order valence-electron chi connectivity index (χ3n) is 7.93. The van der Waals surface area contributed by atoms with E-state index in [1.165, 1.54) is 40.6 Å². The molecule has 0 radical (unpaired) electrons. The molecule has 278 valence electrons. The molecule has 0 amide bonds. The molecule has 7 aromatic heterocycles. The molecular weight excluding hydrogens is 839 g/mol. The van der Waals surface area contributed by atoms with Crippen molar-refractivity contribution in [2.45, 2.75) is 41.5 Å². The lowest BCUT2D eigenvalue weighted by atomic mass is 10.3. The van der Waals surface area contributed by atoms with Crippen LogP contribution >= 0.6 is 94.5 Å². The fraction of sp³-hybridized carbons (Fsp3) is 0.263. The van der Waals surface area contributed by atoms with Crippen molar-refractivity contribution in [2.24, 2.45) is 0 Å². The number of aryl methyl sites for hydroxylation is 2. The summed E-state index contributed by atoms with van der Waals surface area (Å²) < 4.78 is 54.3. The van der Waals surface area contributed by atoms with Gasteiger partial charge < -0.3 is 18.1 Å². The fourth-order valence-corrected chi connectivity index (χ4v) is 18.7. The van der Waals surface area contributed by atoms with E-state index in [4.69, 9.17) is 18.1 Å². The highest BCUT2D eigenvalue weighted by Gasteiger charge is 2.46. The summed E-state index contributed by atoms with van der Waals surface area (Å²) >= 11 is 11.7. The van der Waals surface area contributed by atoms with E-state index >= 15 is 9.13 Å². The average Bonchev–Trinajstić information content (AvgIpc) is 3.97. The summed E-state index contributed by atoms with van der Waals surface area (Å²) in [6.45, 7) is 11.9. The van der Waals surface area contributed by atoms with Crippen molar-refractivity contribution in [1.29, 1.82) is 0 Å². The van der Waals surface area contributed by atoms with E-state index in [0.717, 1.165) is 29.3 Å². The molecule has 53 heavy (non-hydrogen) atoms. The van der Waals surface area contributed by atoms with E-state index in [-0.39, 0.29) is 37.0 Å². The highest BCUT2D eigenvalue weighted by atomic mass is 32.1. The molecule has 0 aliphatic carbocycles. The van der Waals surface area contributed by atoms with Crippen LogP contribution in [0.3, 0.4) is 0 Å². The van der Waals surface area contributed by atoms with E-state index in [0.29, 0.717) is 9.75 Å². The molecule has 0 aliphatic rings. The van der Waals surface area contributed by atoms with Crippen LogP contribution in [0.25, 0.3) is 58.5 Å². The normalized spacial score (nSPS) is 12.3. The lowest BCUT2D eigenvalue weighted by Gasteiger charge is -2.23. The molecule has 0 unspecified atom stereocenters. The SMILES string of the molecule is CCOP(=O)(OCC)c1c(-c2ccc(-c3ccc(-c4ccc(C)s4)s3)s2)sc(-c2ccc(-c3ccc(-c4ccc(C)s4)s3)s2)c1P(=O)(OCC)OCC. The minimum Gasteiger partial charge on any atom is -0.305 e. The largest absolute Gasteiger partial charge is 0.363 e. The van der Waals surface area contributed by atoms with Gasteiger partial charge in [0.2, 0.25) is 0 Å². The Kier molecular flexibility index (Phi) is 12.5. The highest BCUT2D eigenvalue weighted by molar-refractivity contribution is 7.71. The number of thiophene rings is 7. The Balaban J connectivity index is 1.40. The number of hydrogen-bond acceptors (Lipinski definition) is 13. The van der Waals surface area contributed by atoms with Gasteiger partial charge in [-0.25, -0.2) is 0 Å². The predicted octanol–water partition coefficient (Wildman–Crippen LogP) is 14.5. The van der Waals surface area contributed by atoms with E-state index < -0.39 is 15.2 Å². The summed E-state index contributed by atoms with van der Waals surface area (Å²) in [6, 6.07) is 25.6. The van der Waals surface area contributed by atoms with Gasteiger partial charge in [-0.3, -0.25) is 9.13 Å². The minimum atomic E-state index is -4.04. The Morgan fingerprint density at radius 3 is 0.887 bits per heavy atom. The predicted molar refractivity (Wildman–Crippen MR) is 235 cm³/mol. The van der Waals surface area contributed by atoms with Gasteiger partial charge >= 0.3 is 15.2 Å². The molecule has 0 bridgehead atoms. The molecule has 7 heterocycles. The van der Waals surface area contributed by atoms with Crippen LogP contribution in [0.2, 0.25) is 0 Å². The third kappa shape index (κ3) is 8.07. The molecule has 15 heteroatoms. The van der Waals surface area contributed by atoms with Crippen LogP contribution in [0.4, 0.5) is 0 Å². The standard InChI is InChI=1S/C38H38O6P2S7/c1-7-41-45(39,42-8-2)35-36(46(40,43-9-3)44-10-4)38(34-22-20-32(52-34)30-18-16-28(50-30)26-14-12-24(6)48-26)53-37(35)33-21-19-31(51-33)29-17-15-27(49-29)25-13-11-23(5)47-25/h11-22H,7-10H2,1-6H3. The number of hydrogen-bond donors (Lipinski definition) is 0. The quantitative estimate of drug-likeness (QED) is 0.0901. The summed E-state index contributed by atoms with van der Waals surface area (Å²) in [4.78, 5) is 15.1. The lowest BCUT2D eigenvalue weighted by Crippen LogP contribution is -2.28. The molecule has 0 aliphatic heterocycles. The van der Waals surface area contributed by atoms with Crippen LogP contribution in [0.15, 0.2) is 72.8 Å². The van der Waals surface area contributed by atoms with E-state index in [2.05, 4.69) is 74.5 Å². The third-order valence-corrected chi connectivity index (χ3v) is 21.5. The van der Waals surface area contributed by atoms with Gasteiger partial charge in [-0.15, -0.1) is 79.4 Å². The van der Waals surface area contributed by atoms with Crippen LogP contribution in [0.5, 0.6) is 0 Å². The molecule has 7 aromatic rings. The van der Waals surface area contributed by atoms with Gasteiger partial charge in [0.05, 0.1) is 46.8 Å². The first-order valence-corrected chi connectivity index (χ1v) is 25.9. The van der Waals surface area contributed by atoms with Crippen molar-refractivity contribution in [3.05, 3.63) is 82.6 Å². The van der Waals surface area contributed by atoms with Gasteiger partial charge in [0.1, 0.15) is 0 Å². The molecule has 0 spiro atoms. The molecule has 0 atom stereocenters. The van der Waals surface area contributed by atoms with E-state index in [1.807, 2.05) is 12.1 Å². The first kappa shape index (κ1) is 39.4. The molecule has 0 fully saturated rings.